The van der Waals surface area contributed by atoms with Crippen molar-refractivity contribution in [3.8, 4) is 0 Å². The van der Waals surface area contributed by atoms with Crippen LogP contribution in [0.4, 0.5) is 29.5 Å². The van der Waals surface area contributed by atoms with Gasteiger partial charge in [0.15, 0.2) is 0 Å². The largest absolute Gasteiger partial charge is 0.442 e. The van der Waals surface area contributed by atoms with Crippen molar-refractivity contribution in [1.82, 2.24) is 19.9 Å². The van der Waals surface area contributed by atoms with Gasteiger partial charge in [0, 0.05) is 36.5 Å². The van der Waals surface area contributed by atoms with Gasteiger partial charge in [0.05, 0.1) is 31.9 Å². The fourth-order valence-electron chi connectivity index (χ4n) is 4.28. The van der Waals surface area contributed by atoms with Gasteiger partial charge in [-0.1, -0.05) is 20.8 Å². The molecule has 0 spiro atoms. The number of rotatable bonds is 4. The van der Waals surface area contributed by atoms with Gasteiger partial charge < -0.3 is 14.5 Å². The lowest BCUT2D eigenvalue weighted by Gasteiger charge is -2.40. The third-order valence-corrected chi connectivity index (χ3v) is 6.25. The summed E-state index contributed by atoms with van der Waals surface area (Å²) in [5.74, 6) is 1.69. The summed E-state index contributed by atoms with van der Waals surface area (Å²) in [5, 5.41) is 0. The van der Waals surface area contributed by atoms with E-state index in [0.29, 0.717) is 37.6 Å². The van der Waals surface area contributed by atoms with Crippen LogP contribution in [0, 0.1) is 6.92 Å². The molecule has 2 fully saturated rings. The number of carbonyl (C=O) groups excluding carboxylic acids is 1. The highest BCUT2D eigenvalue weighted by Crippen LogP contribution is 2.34. The van der Waals surface area contributed by atoms with E-state index >= 15 is 0 Å². The molecule has 190 valence electrons. The number of fused-ring (bicyclic) bond motifs is 1. The number of halogens is 3. The molecule has 0 aromatic carbocycles. The minimum Gasteiger partial charge on any atom is -0.442 e. The SMILES string of the molecule is CC.CCc1nc2c(c(N3CCC3)n1)CN(C(=O)OC1CN(c3cc(C)nc(C(F)(F)F)c3)C1)C2. The van der Waals surface area contributed by atoms with E-state index in [0.717, 1.165) is 54.9 Å². The number of alkyl halides is 3. The summed E-state index contributed by atoms with van der Waals surface area (Å²) in [6.07, 6.45) is -3.46. The zero-order valence-corrected chi connectivity index (χ0v) is 20.5. The van der Waals surface area contributed by atoms with E-state index in [1.807, 2.05) is 20.8 Å². The van der Waals surface area contributed by atoms with Crippen LogP contribution in [0.25, 0.3) is 0 Å². The van der Waals surface area contributed by atoms with E-state index < -0.39 is 18.0 Å². The molecule has 0 N–H and O–H groups in total. The summed E-state index contributed by atoms with van der Waals surface area (Å²) in [6, 6.07) is 2.63. The van der Waals surface area contributed by atoms with Crippen LogP contribution in [0.3, 0.4) is 0 Å². The first-order valence-corrected chi connectivity index (χ1v) is 12.1. The van der Waals surface area contributed by atoms with Crippen molar-refractivity contribution in [1.29, 1.82) is 0 Å². The summed E-state index contributed by atoms with van der Waals surface area (Å²) < 4.78 is 44.8. The van der Waals surface area contributed by atoms with Crippen molar-refractivity contribution < 1.29 is 22.7 Å². The average Bonchev–Trinajstić information content (AvgIpc) is 3.19. The van der Waals surface area contributed by atoms with Gasteiger partial charge in [0.1, 0.15) is 23.4 Å². The Bertz CT molecular complexity index is 1080. The number of hydrogen-bond donors (Lipinski definition) is 0. The molecular weight excluding hydrogens is 461 g/mol. The first kappa shape index (κ1) is 25.0. The normalized spacial score (nSPS) is 17.3. The molecule has 11 heteroatoms. The molecule has 2 aromatic heterocycles. The number of amides is 1. The second kappa shape index (κ2) is 9.87. The number of aromatic nitrogens is 3. The van der Waals surface area contributed by atoms with E-state index in [9.17, 15) is 18.0 Å². The monoisotopic (exact) mass is 492 g/mol. The number of pyridine rings is 1. The highest BCUT2D eigenvalue weighted by Gasteiger charge is 2.38. The molecule has 0 bridgehead atoms. The second-order valence-corrected chi connectivity index (χ2v) is 8.70. The van der Waals surface area contributed by atoms with Crippen molar-refractivity contribution >= 4 is 17.6 Å². The Labute approximate surface area is 203 Å². The van der Waals surface area contributed by atoms with E-state index in [-0.39, 0.29) is 6.10 Å². The standard InChI is InChI=1S/C22H25F3N6O2.C2H6/c1-3-19-27-17-12-31(11-16(17)20(28-19)29-5-4-6-29)21(32)33-15-9-30(10-15)14-7-13(2)26-18(8-14)22(23,24)25;1-2/h7-8,15H,3-6,9-12H2,1-2H3;1-2H3. The number of hydrogen-bond acceptors (Lipinski definition) is 7. The maximum Gasteiger partial charge on any atom is 0.433 e. The van der Waals surface area contributed by atoms with Crippen LogP contribution in [0.1, 0.15) is 55.7 Å². The number of carbonyl (C=O) groups is 1. The van der Waals surface area contributed by atoms with Crippen LogP contribution in [-0.2, 0) is 30.4 Å². The minimum atomic E-state index is -4.50. The zero-order chi connectivity index (χ0) is 25.3. The Hall–Kier alpha value is -3.11. The van der Waals surface area contributed by atoms with E-state index in [1.165, 1.54) is 6.92 Å². The summed E-state index contributed by atoms with van der Waals surface area (Å²) in [5.41, 5.74) is 1.64. The van der Waals surface area contributed by atoms with Gasteiger partial charge in [-0.25, -0.2) is 19.7 Å². The van der Waals surface area contributed by atoms with Gasteiger partial charge >= 0.3 is 12.3 Å². The van der Waals surface area contributed by atoms with Crippen molar-refractivity contribution in [2.45, 2.75) is 65.9 Å². The number of aryl methyl sites for hydroxylation is 2. The molecule has 3 aliphatic heterocycles. The van der Waals surface area contributed by atoms with Gasteiger partial charge in [-0.15, -0.1) is 0 Å². The van der Waals surface area contributed by atoms with Crippen LogP contribution in [0.2, 0.25) is 0 Å². The predicted molar refractivity (Wildman–Crippen MR) is 125 cm³/mol. The average molecular weight is 493 g/mol. The van der Waals surface area contributed by atoms with Gasteiger partial charge in [-0.05, 0) is 25.5 Å². The maximum absolute atomic E-state index is 13.1. The quantitative estimate of drug-likeness (QED) is 0.629. The Kier molecular flexibility index (Phi) is 7.05. The molecule has 8 nitrogen and oxygen atoms in total. The Morgan fingerprint density at radius 3 is 2.40 bits per heavy atom. The highest BCUT2D eigenvalue weighted by molar-refractivity contribution is 5.70. The number of ether oxygens (including phenoxy) is 1. The minimum absolute atomic E-state index is 0.292. The molecule has 3 aliphatic rings. The van der Waals surface area contributed by atoms with Crippen LogP contribution in [0.5, 0.6) is 0 Å². The number of nitrogens with zero attached hydrogens (tertiary/aromatic N) is 6. The van der Waals surface area contributed by atoms with Crippen molar-refractivity contribution in [3.05, 3.63) is 40.6 Å². The molecule has 0 aliphatic carbocycles. The maximum atomic E-state index is 13.1. The molecular formula is C24H31F3N6O2. The molecule has 5 heterocycles. The molecule has 1 amide bonds. The third kappa shape index (κ3) is 5.13. The van der Waals surface area contributed by atoms with Gasteiger partial charge in [0.25, 0.3) is 0 Å². The topological polar surface area (TPSA) is 74.7 Å². The lowest BCUT2D eigenvalue weighted by Crippen LogP contribution is -2.54. The van der Waals surface area contributed by atoms with Gasteiger partial charge in [-0.2, -0.15) is 13.2 Å². The molecule has 2 aromatic rings. The molecule has 35 heavy (non-hydrogen) atoms. The smallest absolute Gasteiger partial charge is 0.433 e. The first-order chi connectivity index (χ1) is 16.7. The van der Waals surface area contributed by atoms with Gasteiger partial charge in [0.2, 0.25) is 0 Å². The summed E-state index contributed by atoms with van der Waals surface area (Å²) in [7, 11) is 0. The molecule has 2 saturated heterocycles. The second-order valence-electron chi connectivity index (χ2n) is 8.70. The lowest BCUT2D eigenvalue weighted by molar-refractivity contribution is -0.141. The molecule has 0 atom stereocenters. The highest BCUT2D eigenvalue weighted by atomic mass is 19.4. The summed E-state index contributed by atoms with van der Waals surface area (Å²) >= 11 is 0. The third-order valence-electron chi connectivity index (χ3n) is 6.25. The van der Waals surface area contributed by atoms with Crippen molar-refractivity contribution in [3.63, 3.8) is 0 Å². The predicted octanol–water partition coefficient (Wildman–Crippen LogP) is 4.34. The van der Waals surface area contributed by atoms with Crippen molar-refractivity contribution in [2.75, 3.05) is 36.0 Å². The lowest BCUT2D eigenvalue weighted by atomic mass is 10.1. The molecule has 0 saturated carbocycles. The van der Waals surface area contributed by atoms with Gasteiger partial charge in [-0.3, -0.25) is 4.90 Å². The first-order valence-electron chi connectivity index (χ1n) is 12.1. The Balaban J connectivity index is 0.00000141. The fraction of sp³-hybridized carbons (Fsp3) is 0.583. The Morgan fingerprint density at radius 1 is 1.09 bits per heavy atom. The molecule has 0 radical (unpaired) electrons. The van der Waals surface area contributed by atoms with E-state index in [2.05, 4.69) is 19.9 Å². The molecule has 0 unspecified atom stereocenters. The van der Waals surface area contributed by atoms with Crippen molar-refractivity contribution in [2.24, 2.45) is 0 Å². The Morgan fingerprint density at radius 2 is 1.80 bits per heavy atom. The molecule has 5 rings (SSSR count). The van der Waals surface area contributed by atoms with Crippen LogP contribution < -0.4 is 9.80 Å². The van der Waals surface area contributed by atoms with E-state index in [4.69, 9.17) is 4.74 Å². The summed E-state index contributed by atoms with van der Waals surface area (Å²) in [4.78, 5) is 31.2. The number of anilines is 2. The zero-order valence-electron chi connectivity index (χ0n) is 20.5. The van der Waals surface area contributed by atoms with Crippen LogP contribution in [-0.4, -0.2) is 58.2 Å². The van der Waals surface area contributed by atoms with E-state index in [1.54, 1.807) is 15.9 Å². The fourth-order valence-corrected chi connectivity index (χ4v) is 4.28. The summed E-state index contributed by atoms with van der Waals surface area (Å²) in [6.45, 7) is 10.9. The van der Waals surface area contributed by atoms with Crippen LogP contribution in [0.15, 0.2) is 12.1 Å². The van der Waals surface area contributed by atoms with Crippen LogP contribution >= 0.6 is 0 Å².